The van der Waals surface area contributed by atoms with Gasteiger partial charge < -0.3 is 20.2 Å². The molecule has 0 aliphatic rings. The van der Waals surface area contributed by atoms with Crippen LogP contribution in [-0.2, 0) is 9.59 Å². The fourth-order valence-electron chi connectivity index (χ4n) is 1.88. The minimum atomic E-state index is -0.829. The monoisotopic (exact) mass is 336 g/mol. The van der Waals surface area contributed by atoms with Crippen LogP contribution in [0.2, 0.25) is 5.02 Å². The van der Waals surface area contributed by atoms with Gasteiger partial charge in [0.05, 0.1) is 6.26 Å². The molecule has 3 N–H and O–H groups in total. The molecule has 7 heteroatoms. The molecule has 2 rings (SSSR count). The number of carbonyl (C=O) groups excluding carboxylic acids is 2. The highest BCUT2D eigenvalue weighted by Gasteiger charge is 2.15. The Morgan fingerprint density at radius 3 is 2.74 bits per heavy atom. The molecule has 1 heterocycles. The summed E-state index contributed by atoms with van der Waals surface area (Å²) in [5, 5.41) is 15.2. The van der Waals surface area contributed by atoms with Crippen molar-refractivity contribution < 1.29 is 19.1 Å². The van der Waals surface area contributed by atoms with Crippen LogP contribution in [0.3, 0.4) is 0 Å². The highest BCUT2D eigenvalue weighted by atomic mass is 35.5. The van der Waals surface area contributed by atoms with E-state index in [1.807, 2.05) is 6.92 Å². The number of aliphatic hydroxyl groups excluding tert-OH is 1. The van der Waals surface area contributed by atoms with Crippen molar-refractivity contribution in [1.29, 1.82) is 0 Å². The van der Waals surface area contributed by atoms with Crippen LogP contribution in [-0.4, -0.2) is 23.5 Å². The second-order valence-corrected chi connectivity index (χ2v) is 5.40. The van der Waals surface area contributed by atoms with Crippen LogP contribution in [0.4, 0.5) is 5.69 Å². The molecule has 2 amide bonds. The van der Waals surface area contributed by atoms with Crippen molar-refractivity contribution in [2.45, 2.75) is 19.4 Å². The van der Waals surface area contributed by atoms with Crippen LogP contribution < -0.4 is 10.6 Å². The zero-order chi connectivity index (χ0) is 16.8. The number of aliphatic hydroxyl groups is 1. The lowest BCUT2D eigenvalue weighted by atomic mass is 10.2. The van der Waals surface area contributed by atoms with E-state index >= 15 is 0 Å². The van der Waals surface area contributed by atoms with E-state index in [4.69, 9.17) is 16.0 Å². The maximum absolute atomic E-state index is 11.8. The molecule has 0 saturated carbocycles. The van der Waals surface area contributed by atoms with Gasteiger partial charge in [-0.1, -0.05) is 17.7 Å². The van der Waals surface area contributed by atoms with Crippen molar-refractivity contribution in [3.05, 3.63) is 52.9 Å². The second kappa shape index (κ2) is 7.80. The highest BCUT2D eigenvalue weighted by molar-refractivity contribution is 6.39. The standard InChI is InChI=1S/C16H17ClN2O4/c1-10-4-5-11(9-12(10)17)19-16(22)15(21)18-7-6-13(20)14-3-2-8-23-14/h2-5,8-9,13,20H,6-7H2,1H3,(H,18,21)(H,19,22)/t13-/m0/s1. The Bertz CT molecular complexity index is 685. The predicted molar refractivity (Wildman–Crippen MR) is 86.1 cm³/mol. The van der Waals surface area contributed by atoms with E-state index in [0.29, 0.717) is 16.5 Å². The number of anilines is 1. The molecule has 122 valence electrons. The molecular weight excluding hydrogens is 320 g/mol. The summed E-state index contributed by atoms with van der Waals surface area (Å²) in [6, 6.07) is 8.28. The van der Waals surface area contributed by atoms with Gasteiger partial charge in [0.2, 0.25) is 0 Å². The summed E-state index contributed by atoms with van der Waals surface area (Å²) in [5.74, 6) is -1.16. The van der Waals surface area contributed by atoms with E-state index in [1.54, 1.807) is 30.3 Å². The molecule has 0 unspecified atom stereocenters. The number of furan rings is 1. The van der Waals surface area contributed by atoms with Gasteiger partial charge in [0.25, 0.3) is 0 Å². The van der Waals surface area contributed by atoms with E-state index in [0.717, 1.165) is 5.56 Å². The van der Waals surface area contributed by atoms with Gasteiger partial charge in [-0.3, -0.25) is 9.59 Å². The number of benzene rings is 1. The number of hydrogen-bond acceptors (Lipinski definition) is 4. The first-order valence-corrected chi connectivity index (χ1v) is 7.42. The Hall–Kier alpha value is -2.31. The number of hydrogen-bond donors (Lipinski definition) is 3. The lowest BCUT2D eigenvalue weighted by molar-refractivity contribution is -0.136. The number of rotatable bonds is 5. The topological polar surface area (TPSA) is 91.6 Å². The first-order chi connectivity index (χ1) is 11.0. The van der Waals surface area contributed by atoms with E-state index in [1.165, 1.54) is 6.26 Å². The number of nitrogens with one attached hydrogen (secondary N) is 2. The van der Waals surface area contributed by atoms with Gasteiger partial charge in [0.15, 0.2) is 0 Å². The molecule has 6 nitrogen and oxygen atoms in total. The second-order valence-electron chi connectivity index (χ2n) is 4.99. The van der Waals surface area contributed by atoms with Gasteiger partial charge in [-0.2, -0.15) is 0 Å². The van der Waals surface area contributed by atoms with Crippen LogP contribution in [0.5, 0.6) is 0 Å². The van der Waals surface area contributed by atoms with Crippen molar-refractivity contribution in [3.8, 4) is 0 Å². The summed E-state index contributed by atoms with van der Waals surface area (Å²) < 4.78 is 5.05. The zero-order valence-electron chi connectivity index (χ0n) is 12.5. The maximum Gasteiger partial charge on any atom is 0.313 e. The summed E-state index contributed by atoms with van der Waals surface area (Å²) >= 11 is 5.96. The average molecular weight is 337 g/mol. The van der Waals surface area contributed by atoms with Crippen LogP contribution in [0.1, 0.15) is 23.8 Å². The first-order valence-electron chi connectivity index (χ1n) is 7.04. The van der Waals surface area contributed by atoms with E-state index < -0.39 is 17.9 Å². The quantitative estimate of drug-likeness (QED) is 0.731. The molecule has 1 atom stereocenters. The first kappa shape index (κ1) is 17.1. The molecule has 0 aliphatic heterocycles. The third-order valence-corrected chi connectivity index (χ3v) is 3.62. The van der Waals surface area contributed by atoms with Crippen LogP contribution in [0, 0.1) is 6.92 Å². The Morgan fingerprint density at radius 2 is 2.09 bits per heavy atom. The average Bonchev–Trinajstić information content (AvgIpc) is 3.05. The van der Waals surface area contributed by atoms with E-state index in [-0.39, 0.29) is 13.0 Å². The Morgan fingerprint density at radius 1 is 1.30 bits per heavy atom. The van der Waals surface area contributed by atoms with Crippen LogP contribution in [0.15, 0.2) is 41.0 Å². The highest BCUT2D eigenvalue weighted by Crippen LogP contribution is 2.20. The summed E-state index contributed by atoms with van der Waals surface area (Å²) in [7, 11) is 0. The van der Waals surface area contributed by atoms with Crippen molar-refractivity contribution >= 4 is 29.1 Å². The molecule has 0 aliphatic carbocycles. The molecule has 2 aromatic rings. The number of halogens is 1. The van der Waals surface area contributed by atoms with Gasteiger partial charge in [-0.15, -0.1) is 0 Å². The number of amides is 2. The van der Waals surface area contributed by atoms with Gasteiger partial charge >= 0.3 is 11.8 Å². The molecular formula is C16H17ClN2O4. The fourth-order valence-corrected chi connectivity index (χ4v) is 2.06. The summed E-state index contributed by atoms with van der Waals surface area (Å²) in [4.78, 5) is 23.5. The van der Waals surface area contributed by atoms with Gasteiger partial charge in [-0.25, -0.2) is 0 Å². The molecule has 0 bridgehead atoms. The van der Waals surface area contributed by atoms with Gasteiger partial charge in [0, 0.05) is 17.3 Å². The molecule has 0 saturated heterocycles. The SMILES string of the molecule is Cc1ccc(NC(=O)C(=O)NCC[C@H](O)c2ccco2)cc1Cl. The molecule has 1 aromatic carbocycles. The molecule has 0 radical (unpaired) electrons. The fraction of sp³-hybridized carbons (Fsp3) is 0.250. The third-order valence-electron chi connectivity index (χ3n) is 3.21. The van der Waals surface area contributed by atoms with Crippen molar-refractivity contribution in [2.24, 2.45) is 0 Å². The number of carbonyl (C=O) groups is 2. The molecule has 0 spiro atoms. The Kier molecular flexibility index (Phi) is 5.78. The minimum Gasteiger partial charge on any atom is -0.467 e. The van der Waals surface area contributed by atoms with Crippen molar-refractivity contribution in [2.75, 3.05) is 11.9 Å². The zero-order valence-corrected chi connectivity index (χ0v) is 13.3. The maximum atomic E-state index is 11.8. The smallest absolute Gasteiger partial charge is 0.313 e. The van der Waals surface area contributed by atoms with E-state index in [9.17, 15) is 14.7 Å². The van der Waals surface area contributed by atoms with Gasteiger partial charge in [-0.05, 0) is 43.2 Å². The molecule has 1 aromatic heterocycles. The number of aryl methyl sites for hydroxylation is 1. The lowest BCUT2D eigenvalue weighted by Crippen LogP contribution is -2.36. The van der Waals surface area contributed by atoms with Gasteiger partial charge in [0.1, 0.15) is 11.9 Å². The van der Waals surface area contributed by atoms with Crippen molar-refractivity contribution in [3.63, 3.8) is 0 Å². The Labute approximate surface area is 138 Å². The van der Waals surface area contributed by atoms with Crippen molar-refractivity contribution in [1.82, 2.24) is 5.32 Å². The van der Waals surface area contributed by atoms with Crippen LogP contribution in [0.25, 0.3) is 0 Å². The Balaban J connectivity index is 1.78. The summed E-state index contributed by atoms with van der Waals surface area (Å²) in [6.45, 7) is 1.98. The molecule has 0 fully saturated rings. The lowest BCUT2D eigenvalue weighted by Gasteiger charge is -2.09. The van der Waals surface area contributed by atoms with Crippen LogP contribution >= 0.6 is 11.6 Å². The minimum absolute atomic E-state index is 0.142. The summed E-state index contributed by atoms with van der Waals surface area (Å²) in [5.41, 5.74) is 1.32. The third kappa shape index (κ3) is 4.84. The summed E-state index contributed by atoms with van der Waals surface area (Å²) in [6.07, 6.45) is 0.865. The molecule has 23 heavy (non-hydrogen) atoms. The predicted octanol–water partition coefficient (Wildman–Crippen LogP) is 2.42. The largest absolute Gasteiger partial charge is 0.467 e. The van der Waals surface area contributed by atoms with E-state index in [2.05, 4.69) is 10.6 Å². The normalized spacial score (nSPS) is 11.8.